The number of rotatable bonds is 3. The van der Waals surface area contributed by atoms with E-state index in [1.807, 2.05) is 13.8 Å². The number of nitrogens with zero attached hydrogens (tertiary/aromatic N) is 3. The third kappa shape index (κ3) is 2.97. The first-order valence-electron chi connectivity index (χ1n) is 7.10. The van der Waals surface area contributed by atoms with Crippen molar-refractivity contribution >= 4 is 69.0 Å². The smallest absolute Gasteiger partial charge is 0.165 e. The summed E-state index contributed by atoms with van der Waals surface area (Å²) < 4.78 is 1.61. The van der Waals surface area contributed by atoms with Crippen LogP contribution in [0.5, 0.6) is 0 Å². The zero-order valence-corrected chi connectivity index (χ0v) is 16.6. The number of hydrogen-bond acceptors (Lipinski definition) is 2. The Balaban J connectivity index is 2.37. The zero-order chi connectivity index (χ0) is 17.6. The van der Waals surface area contributed by atoms with Gasteiger partial charge in [-0.05, 0) is 38.0 Å². The molecule has 24 heavy (non-hydrogen) atoms. The molecule has 0 saturated heterocycles. The van der Waals surface area contributed by atoms with Gasteiger partial charge in [-0.25, -0.2) is 9.67 Å². The second kappa shape index (κ2) is 6.89. The van der Waals surface area contributed by atoms with Gasteiger partial charge in [0, 0.05) is 16.6 Å². The van der Waals surface area contributed by atoms with Crippen molar-refractivity contribution in [3.8, 4) is 5.69 Å². The van der Waals surface area contributed by atoms with E-state index in [2.05, 4.69) is 10.1 Å². The van der Waals surface area contributed by atoms with Crippen LogP contribution in [0.25, 0.3) is 16.7 Å². The fraction of sp³-hybridized carbons (Fsp3) is 0.250. The molecule has 0 spiro atoms. The minimum absolute atomic E-state index is 0.386. The Morgan fingerprint density at radius 2 is 1.62 bits per heavy atom. The van der Waals surface area contributed by atoms with Gasteiger partial charge in [0.05, 0.1) is 26.1 Å². The minimum Gasteiger partial charge on any atom is -0.233 e. The quantitative estimate of drug-likeness (QED) is 0.454. The molecule has 3 aromatic rings. The van der Waals surface area contributed by atoms with E-state index in [0.29, 0.717) is 43.7 Å². The average Bonchev–Trinajstić information content (AvgIpc) is 2.79. The fourth-order valence-electron chi connectivity index (χ4n) is 2.69. The van der Waals surface area contributed by atoms with Gasteiger partial charge in [-0.3, -0.25) is 0 Å². The van der Waals surface area contributed by atoms with Gasteiger partial charge in [-0.1, -0.05) is 46.4 Å². The number of benzene rings is 1. The summed E-state index contributed by atoms with van der Waals surface area (Å²) in [7, 11) is 0. The molecule has 2 aromatic heterocycles. The van der Waals surface area contributed by atoms with E-state index in [1.54, 1.807) is 16.8 Å². The molecule has 8 heteroatoms. The van der Waals surface area contributed by atoms with E-state index in [1.165, 1.54) is 0 Å². The Morgan fingerprint density at radius 1 is 1.00 bits per heavy atom. The van der Waals surface area contributed by atoms with Gasteiger partial charge in [-0.2, -0.15) is 5.10 Å². The molecule has 0 amide bonds. The van der Waals surface area contributed by atoms with Crippen molar-refractivity contribution in [3.05, 3.63) is 49.2 Å². The Kier molecular flexibility index (Phi) is 5.19. The number of aromatic nitrogens is 3. The minimum atomic E-state index is 0.386. The van der Waals surface area contributed by atoms with Crippen LogP contribution >= 0.6 is 58.0 Å². The lowest BCUT2D eigenvalue weighted by molar-refractivity contribution is 0.874. The first-order valence-corrected chi connectivity index (χ1v) is 9.15. The molecule has 126 valence electrons. The van der Waals surface area contributed by atoms with E-state index in [0.717, 1.165) is 22.3 Å². The lowest BCUT2D eigenvalue weighted by Crippen LogP contribution is -2.03. The summed E-state index contributed by atoms with van der Waals surface area (Å²) in [5.74, 6) is 0.468. The lowest BCUT2D eigenvalue weighted by atomic mass is 10.1. The fourth-order valence-corrected chi connectivity index (χ4v) is 4.31. The molecular weight excluding hydrogens is 411 g/mol. The van der Waals surface area contributed by atoms with Crippen molar-refractivity contribution in [1.29, 1.82) is 0 Å². The van der Waals surface area contributed by atoms with Crippen molar-refractivity contribution in [3.63, 3.8) is 0 Å². The van der Waals surface area contributed by atoms with Gasteiger partial charge < -0.3 is 0 Å². The highest BCUT2D eigenvalue weighted by atomic mass is 35.5. The number of fused-ring (bicyclic) bond motifs is 1. The lowest BCUT2D eigenvalue weighted by Gasteiger charge is -2.11. The number of hydrogen-bond donors (Lipinski definition) is 0. The van der Waals surface area contributed by atoms with Crippen molar-refractivity contribution in [2.24, 2.45) is 0 Å². The van der Waals surface area contributed by atoms with Crippen LogP contribution in [-0.2, 0) is 6.42 Å². The topological polar surface area (TPSA) is 30.7 Å². The van der Waals surface area contributed by atoms with Gasteiger partial charge in [0.2, 0.25) is 0 Å². The molecule has 0 radical (unpaired) electrons. The summed E-state index contributed by atoms with van der Waals surface area (Å²) in [4.78, 5) is 4.66. The van der Waals surface area contributed by atoms with Crippen LogP contribution in [-0.4, -0.2) is 20.6 Å². The van der Waals surface area contributed by atoms with Crippen molar-refractivity contribution in [1.82, 2.24) is 14.8 Å². The van der Waals surface area contributed by atoms with Crippen LogP contribution in [0.1, 0.15) is 17.0 Å². The molecule has 0 N–H and O–H groups in total. The summed E-state index contributed by atoms with van der Waals surface area (Å²) in [5, 5.41) is 7.15. The van der Waals surface area contributed by atoms with Crippen LogP contribution in [0.15, 0.2) is 12.1 Å². The predicted octanol–water partition coefficient (Wildman–Crippen LogP) is 6.43. The van der Waals surface area contributed by atoms with Gasteiger partial charge in [0.15, 0.2) is 5.65 Å². The highest BCUT2D eigenvalue weighted by molar-refractivity contribution is 6.41. The van der Waals surface area contributed by atoms with E-state index >= 15 is 0 Å². The molecule has 0 unspecified atom stereocenters. The second-order valence-corrected chi connectivity index (χ2v) is 7.35. The van der Waals surface area contributed by atoms with Gasteiger partial charge in [0.25, 0.3) is 0 Å². The summed E-state index contributed by atoms with van der Waals surface area (Å²) in [6, 6.07) is 3.23. The molecule has 1 aromatic carbocycles. The number of pyridine rings is 1. The Hall–Kier alpha value is -0.710. The zero-order valence-electron chi connectivity index (χ0n) is 12.8. The maximum absolute atomic E-state index is 6.60. The highest BCUT2D eigenvalue weighted by Crippen LogP contribution is 2.37. The molecule has 0 aliphatic carbocycles. The largest absolute Gasteiger partial charge is 0.233 e. The third-order valence-corrected chi connectivity index (χ3v) is 5.17. The summed E-state index contributed by atoms with van der Waals surface area (Å²) in [6.07, 6.45) is 0.641. The molecule has 0 atom stereocenters. The van der Waals surface area contributed by atoms with Crippen molar-refractivity contribution in [2.75, 3.05) is 5.88 Å². The van der Waals surface area contributed by atoms with Crippen LogP contribution in [0, 0.1) is 13.8 Å². The van der Waals surface area contributed by atoms with Gasteiger partial charge >= 0.3 is 0 Å². The van der Waals surface area contributed by atoms with Gasteiger partial charge in [-0.15, -0.1) is 11.6 Å². The molecule has 0 saturated carbocycles. The Morgan fingerprint density at radius 3 is 2.21 bits per heavy atom. The second-order valence-electron chi connectivity index (χ2n) is 5.34. The first kappa shape index (κ1) is 18.1. The molecule has 2 heterocycles. The maximum atomic E-state index is 6.60. The Bertz CT molecular complexity index is 926. The SMILES string of the molecule is Cc1nc2c(c(C)nn2-c2c(Cl)cc(Cl)cc2Cl)c(Cl)c1CCCl. The third-order valence-electron chi connectivity index (χ3n) is 3.77. The Labute approximate surface area is 164 Å². The van der Waals surface area contributed by atoms with E-state index in [4.69, 9.17) is 58.0 Å². The van der Waals surface area contributed by atoms with Crippen LogP contribution < -0.4 is 0 Å². The number of halogens is 5. The molecule has 3 rings (SSSR count). The van der Waals surface area contributed by atoms with Crippen LogP contribution in [0.3, 0.4) is 0 Å². The maximum Gasteiger partial charge on any atom is 0.165 e. The van der Waals surface area contributed by atoms with Crippen molar-refractivity contribution < 1.29 is 0 Å². The van der Waals surface area contributed by atoms with E-state index in [-0.39, 0.29) is 0 Å². The molecular formula is C16H12Cl5N3. The summed E-state index contributed by atoms with van der Waals surface area (Å²) in [5.41, 5.74) is 3.58. The van der Waals surface area contributed by atoms with E-state index < -0.39 is 0 Å². The van der Waals surface area contributed by atoms with Crippen molar-refractivity contribution in [2.45, 2.75) is 20.3 Å². The van der Waals surface area contributed by atoms with Crippen LogP contribution in [0.4, 0.5) is 0 Å². The number of alkyl halides is 1. The van der Waals surface area contributed by atoms with Crippen LogP contribution in [0.2, 0.25) is 20.1 Å². The molecule has 0 bridgehead atoms. The molecule has 0 aliphatic rings. The average molecular weight is 424 g/mol. The van der Waals surface area contributed by atoms with Gasteiger partial charge in [0.1, 0.15) is 5.69 Å². The molecule has 3 nitrogen and oxygen atoms in total. The molecule has 0 fully saturated rings. The summed E-state index contributed by atoms with van der Waals surface area (Å²) in [6.45, 7) is 3.76. The number of aryl methyl sites for hydroxylation is 2. The van der Waals surface area contributed by atoms with E-state index in [9.17, 15) is 0 Å². The normalized spacial score (nSPS) is 11.5. The predicted molar refractivity (Wildman–Crippen MR) is 103 cm³/mol. The standard InChI is InChI=1S/C16H12Cl5N3/c1-7-10(3-4-17)14(21)13-8(2)23-24(16(13)22-7)15-11(19)5-9(18)6-12(15)20/h5-6H,3-4H2,1-2H3. The monoisotopic (exact) mass is 421 g/mol. The molecule has 0 aliphatic heterocycles. The highest BCUT2D eigenvalue weighted by Gasteiger charge is 2.21. The first-order chi connectivity index (χ1) is 11.3. The summed E-state index contributed by atoms with van der Waals surface area (Å²) >= 11 is 31.1.